The SMILES string of the molecule is CN(C)C(=O)c1ccc(NC(=O)CN2[C@@H]3CCCC[C@H]3C[C@H]2C(=O)OC(C)(C)C)cc1. The number of likely N-dealkylation sites (tertiary alicyclic amines) is 1. The lowest BCUT2D eigenvalue weighted by Gasteiger charge is -2.33. The van der Waals surface area contributed by atoms with Gasteiger partial charge in [0.2, 0.25) is 5.91 Å². The van der Waals surface area contributed by atoms with E-state index in [4.69, 9.17) is 4.74 Å². The van der Waals surface area contributed by atoms with Gasteiger partial charge in [-0.25, -0.2) is 0 Å². The molecule has 0 radical (unpaired) electrons. The van der Waals surface area contributed by atoms with Gasteiger partial charge in [-0.1, -0.05) is 12.8 Å². The third-order valence-electron chi connectivity index (χ3n) is 6.05. The number of carbonyl (C=O) groups is 3. The highest BCUT2D eigenvalue weighted by Crippen LogP contribution is 2.40. The first kappa shape index (κ1) is 23.3. The average Bonchev–Trinajstić information content (AvgIpc) is 3.05. The quantitative estimate of drug-likeness (QED) is 0.727. The van der Waals surface area contributed by atoms with Crippen molar-refractivity contribution >= 4 is 23.5 Å². The van der Waals surface area contributed by atoms with Crippen LogP contribution in [0, 0.1) is 5.92 Å². The zero-order valence-corrected chi connectivity index (χ0v) is 19.3. The number of esters is 1. The molecule has 1 aliphatic heterocycles. The molecule has 1 saturated heterocycles. The summed E-state index contributed by atoms with van der Waals surface area (Å²) in [6, 6.07) is 6.74. The smallest absolute Gasteiger partial charge is 0.323 e. The molecule has 7 heteroatoms. The highest BCUT2D eigenvalue weighted by atomic mass is 16.6. The van der Waals surface area contributed by atoms with Gasteiger partial charge >= 0.3 is 5.97 Å². The van der Waals surface area contributed by atoms with Gasteiger partial charge in [0.15, 0.2) is 0 Å². The molecule has 1 heterocycles. The number of hydrogen-bond donors (Lipinski definition) is 1. The Morgan fingerprint density at radius 2 is 1.74 bits per heavy atom. The number of ether oxygens (including phenoxy) is 1. The lowest BCUT2D eigenvalue weighted by atomic mass is 9.85. The van der Waals surface area contributed by atoms with Gasteiger partial charge in [0.05, 0.1) is 6.54 Å². The van der Waals surface area contributed by atoms with Crippen LogP contribution in [-0.2, 0) is 14.3 Å². The Bertz CT molecular complexity index is 813. The molecule has 2 aliphatic rings. The molecular formula is C24H35N3O4. The van der Waals surface area contributed by atoms with E-state index in [-0.39, 0.29) is 36.4 Å². The Kier molecular flexibility index (Phi) is 7.04. The lowest BCUT2D eigenvalue weighted by molar-refractivity contribution is -0.160. The first-order valence-electron chi connectivity index (χ1n) is 11.2. The number of rotatable bonds is 5. The minimum atomic E-state index is -0.551. The van der Waals surface area contributed by atoms with Gasteiger partial charge in [0, 0.05) is 31.4 Å². The molecule has 2 amide bonds. The molecule has 31 heavy (non-hydrogen) atoms. The third kappa shape index (κ3) is 5.85. The number of carbonyl (C=O) groups excluding carboxylic acids is 3. The number of anilines is 1. The molecule has 1 aromatic carbocycles. The third-order valence-corrected chi connectivity index (χ3v) is 6.05. The van der Waals surface area contributed by atoms with Crippen LogP contribution in [0.3, 0.4) is 0 Å². The van der Waals surface area contributed by atoms with E-state index in [0.717, 1.165) is 25.7 Å². The average molecular weight is 430 g/mol. The Morgan fingerprint density at radius 1 is 1.10 bits per heavy atom. The van der Waals surface area contributed by atoms with Crippen molar-refractivity contribution in [1.82, 2.24) is 9.80 Å². The molecule has 0 unspecified atom stereocenters. The second-order valence-corrected chi connectivity index (χ2v) is 9.89. The molecule has 1 aliphatic carbocycles. The van der Waals surface area contributed by atoms with Gasteiger partial charge < -0.3 is 15.0 Å². The maximum absolute atomic E-state index is 12.9. The molecule has 1 aromatic rings. The van der Waals surface area contributed by atoms with E-state index in [9.17, 15) is 14.4 Å². The van der Waals surface area contributed by atoms with Gasteiger partial charge in [-0.3, -0.25) is 19.3 Å². The van der Waals surface area contributed by atoms with Gasteiger partial charge in [-0.05, 0) is 70.2 Å². The second kappa shape index (κ2) is 9.39. The van der Waals surface area contributed by atoms with Gasteiger partial charge in [-0.2, -0.15) is 0 Å². The fourth-order valence-electron chi connectivity index (χ4n) is 4.70. The standard InChI is InChI=1S/C24H35N3O4/c1-24(2,3)31-23(30)20-14-17-8-6-7-9-19(17)27(20)15-21(28)25-18-12-10-16(11-13-18)22(29)26(4)5/h10-13,17,19-20H,6-9,14-15H2,1-5H3,(H,25,28)/t17-,19+,20-/m0/s1. The molecule has 1 saturated carbocycles. The van der Waals surface area contributed by atoms with Crippen molar-refractivity contribution in [2.24, 2.45) is 5.92 Å². The normalized spacial score (nSPS) is 23.7. The Hall–Kier alpha value is -2.41. The zero-order chi connectivity index (χ0) is 22.8. The highest BCUT2D eigenvalue weighted by Gasteiger charge is 2.47. The molecule has 7 nitrogen and oxygen atoms in total. The van der Waals surface area contributed by atoms with Crippen molar-refractivity contribution in [3.05, 3.63) is 29.8 Å². The first-order valence-corrected chi connectivity index (χ1v) is 11.2. The summed E-state index contributed by atoms with van der Waals surface area (Å²) >= 11 is 0. The van der Waals surface area contributed by atoms with Crippen LogP contribution < -0.4 is 5.32 Å². The highest BCUT2D eigenvalue weighted by molar-refractivity contribution is 5.96. The van der Waals surface area contributed by atoms with Crippen molar-refractivity contribution in [1.29, 1.82) is 0 Å². The van der Waals surface area contributed by atoms with Crippen LogP contribution in [0.15, 0.2) is 24.3 Å². The Balaban J connectivity index is 1.68. The van der Waals surface area contributed by atoms with E-state index in [1.807, 2.05) is 20.8 Å². The predicted octanol–water partition coefficient (Wildman–Crippen LogP) is 3.30. The molecule has 3 atom stereocenters. The topological polar surface area (TPSA) is 79.0 Å². The van der Waals surface area contributed by atoms with Crippen molar-refractivity contribution in [2.45, 2.75) is 70.6 Å². The zero-order valence-electron chi connectivity index (χ0n) is 19.3. The molecule has 170 valence electrons. The summed E-state index contributed by atoms with van der Waals surface area (Å²) in [6.45, 7) is 5.77. The van der Waals surface area contributed by atoms with E-state index in [0.29, 0.717) is 17.2 Å². The van der Waals surface area contributed by atoms with E-state index in [2.05, 4.69) is 10.2 Å². The maximum Gasteiger partial charge on any atom is 0.323 e. The van der Waals surface area contributed by atoms with Crippen LogP contribution in [0.1, 0.15) is 63.2 Å². The van der Waals surface area contributed by atoms with Crippen LogP contribution in [0.5, 0.6) is 0 Å². The summed E-state index contributed by atoms with van der Waals surface area (Å²) in [5, 5.41) is 2.91. The summed E-state index contributed by atoms with van der Waals surface area (Å²) in [5.41, 5.74) is 0.649. The molecule has 0 bridgehead atoms. The molecular weight excluding hydrogens is 394 g/mol. The summed E-state index contributed by atoms with van der Waals surface area (Å²) in [7, 11) is 3.40. The van der Waals surface area contributed by atoms with E-state index >= 15 is 0 Å². The predicted molar refractivity (Wildman–Crippen MR) is 120 cm³/mol. The number of fused-ring (bicyclic) bond motifs is 1. The number of nitrogens with one attached hydrogen (secondary N) is 1. The monoisotopic (exact) mass is 429 g/mol. The minimum Gasteiger partial charge on any atom is -0.459 e. The Morgan fingerprint density at radius 3 is 2.35 bits per heavy atom. The van der Waals surface area contributed by atoms with Crippen molar-refractivity contribution < 1.29 is 19.1 Å². The lowest BCUT2D eigenvalue weighted by Crippen LogP contribution is -2.47. The van der Waals surface area contributed by atoms with Crippen molar-refractivity contribution in [2.75, 3.05) is 26.0 Å². The van der Waals surface area contributed by atoms with Crippen LogP contribution in [0.25, 0.3) is 0 Å². The summed E-state index contributed by atoms with van der Waals surface area (Å²) < 4.78 is 5.66. The largest absolute Gasteiger partial charge is 0.459 e. The van der Waals surface area contributed by atoms with Crippen LogP contribution in [0.4, 0.5) is 5.69 Å². The summed E-state index contributed by atoms with van der Waals surface area (Å²) in [5.74, 6) is -0.0402. The first-order chi connectivity index (χ1) is 14.5. The van der Waals surface area contributed by atoms with E-state index in [1.165, 1.54) is 11.3 Å². The number of hydrogen-bond acceptors (Lipinski definition) is 5. The fraction of sp³-hybridized carbons (Fsp3) is 0.625. The van der Waals surface area contributed by atoms with Gasteiger partial charge in [0.25, 0.3) is 5.91 Å². The van der Waals surface area contributed by atoms with Crippen molar-refractivity contribution in [3.63, 3.8) is 0 Å². The maximum atomic E-state index is 12.9. The molecule has 3 rings (SSSR count). The van der Waals surface area contributed by atoms with E-state index in [1.54, 1.807) is 38.4 Å². The van der Waals surface area contributed by atoms with Crippen LogP contribution in [0.2, 0.25) is 0 Å². The Labute approximate surface area is 185 Å². The van der Waals surface area contributed by atoms with Gasteiger partial charge in [-0.15, -0.1) is 0 Å². The fourth-order valence-corrected chi connectivity index (χ4v) is 4.70. The van der Waals surface area contributed by atoms with Crippen molar-refractivity contribution in [3.8, 4) is 0 Å². The number of nitrogens with zero attached hydrogens (tertiary/aromatic N) is 2. The summed E-state index contributed by atoms with van der Waals surface area (Å²) in [4.78, 5) is 41.3. The molecule has 0 aromatic heterocycles. The van der Waals surface area contributed by atoms with Crippen LogP contribution >= 0.6 is 0 Å². The number of amides is 2. The minimum absolute atomic E-state index is 0.0847. The van der Waals surface area contributed by atoms with Crippen LogP contribution in [-0.4, -0.2) is 65.9 Å². The number of benzene rings is 1. The second-order valence-electron chi connectivity index (χ2n) is 9.89. The summed E-state index contributed by atoms with van der Waals surface area (Å²) in [6.07, 6.45) is 5.18. The molecule has 0 spiro atoms. The molecule has 1 N–H and O–H groups in total. The molecule has 2 fully saturated rings. The van der Waals surface area contributed by atoms with E-state index < -0.39 is 5.60 Å². The van der Waals surface area contributed by atoms with Gasteiger partial charge in [0.1, 0.15) is 11.6 Å².